The maximum Gasteiger partial charge on any atom is 0.253 e. The van der Waals surface area contributed by atoms with Gasteiger partial charge in [-0.2, -0.15) is 0 Å². The summed E-state index contributed by atoms with van der Waals surface area (Å²) in [5.74, 6) is 0.0925. The van der Waals surface area contributed by atoms with Gasteiger partial charge in [0.25, 0.3) is 5.91 Å². The summed E-state index contributed by atoms with van der Waals surface area (Å²) in [5, 5.41) is 0. The third-order valence-electron chi connectivity index (χ3n) is 3.48. The van der Waals surface area contributed by atoms with Crippen molar-refractivity contribution < 1.29 is 9.59 Å². The van der Waals surface area contributed by atoms with Crippen LogP contribution in [0.2, 0.25) is 0 Å². The molecule has 0 N–H and O–H groups in total. The van der Waals surface area contributed by atoms with Gasteiger partial charge in [-0.05, 0) is 18.6 Å². The van der Waals surface area contributed by atoms with E-state index in [4.69, 9.17) is 0 Å². The van der Waals surface area contributed by atoms with Crippen LogP contribution in [0.25, 0.3) is 0 Å². The Morgan fingerprint density at radius 2 is 1.95 bits per heavy atom. The van der Waals surface area contributed by atoms with Crippen LogP contribution in [-0.2, 0) is 11.3 Å². The van der Waals surface area contributed by atoms with Gasteiger partial charge in [0.05, 0.1) is 12.2 Å². The summed E-state index contributed by atoms with van der Waals surface area (Å²) < 4.78 is 0. The van der Waals surface area contributed by atoms with Gasteiger partial charge in [0.15, 0.2) is 0 Å². The Hall–Kier alpha value is -1.91. The molecule has 5 heteroatoms. The van der Waals surface area contributed by atoms with Crippen molar-refractivity contribution in [1.82, 2.24) is 14.8 Å². The average Bonchev–Trinajstić information content (AvgIpc) is 2.46. The van der Waals surface area contributed by atoms with Crippen LogP contribution in [0.15, 0.2) is 18.3 Å². The highest BCUT2D eigenvalue weighted by molar-refractivity contribution is 5.94. The van der Waals surface area contributed by atoms with Crippen LogP contribution in [-0.4, -0.2) is 46.7 Å². The minimum atomic E-state index is -0.0362. The molecule has 1 aliphatic rings. The van der Waals surface area contributed by atoms with Crippen molar-refractivity contribution in [3.05, 3.63) is 29.6 Å². The highest BCUT2D eigenvalue weighted by atomic mass is 16.2. The number of nitrogens with zero attached hydrogens (tertiary/aromatic N) is 3. The molecule has 0 spiro atoms. The molecular weight excluding hydrogens is 278 g/mol. The second-order valence-corrected chi connectivity index (χ2v) is 5.53. The van der Waals surface area contributed by atoms with E-state index in [0.717, 1.165) is 25.2 Å². The molecule has 0 aliphatic carbocycles. The van der Waals surface area contributed by atoms with E-state index >= 15 is 0 Å². The molecule has 1 fully saturated rings. The van der Waals surface area contributed by atoms with Crippen molar-refractivity contribution in [1.29, 1.82) is 0 Å². The Morgan fingerprint density at radius 1 is 1.32 bits per heavy atom. The molecule has 0 aromatic carbocycles. The maximum atomic E-state index is 12.1. The zero-order valence-electron chi connectivity index (χ0n) is 14.3. The molecule has 0 radical (unpaired) electrons. The first-order chi connectivity index (χ1) is 10.5. The Labute approximate surface area is 133 Å². The number of aromatic nitrogens is 1. The molecule has 0 saturated carbocycles. The third-order valence-corrected chi connectivity index (χ3v) is 3.48. The quantitative estimate of drug-likeness (QED) is 0.859. The molecule has 1 aromatic rings. The smallest absolute Gasteiger partial charge is 0.253 e. The van der Waals surface area contributed by atoms with Crippen LogP contribution in [0.1, 0.15) is 50.2 Å². The number of likely N-dealkylation sites (tertiary alicyclic amines) is 1. The molecule has 122 valence electrons. The van der Waals surface area contributed by atoms with Crippen LogP contribution in [0.3, 0.4) is 0 Å². The number of carbonyl (C=O) groups is 2. The Balaban J connectivity index is 0.00000116. The van der Waals surface area contributed by atoms with E-state index < -0.39 is 0 Å². The fourth-order valence-electron chi connectivity index (χ4n) is 2.16. The number of carbonyl (C=O) groups excluding carboxylic acids is 2. The zero-order valence-corrected chi connectivity index (χ0v) is 14.3. The van der Waals surface area contributed by atoms with E-state index in [1.165, 1.54) is 0 Å². The molecule has 5 nitrogen and oxygen atoms in total. The van der Waals surface area contributed by atoms with Gasteiger partial charge in [0.2, 0.25) is 5.91 Å². The summed E-state index contributed by atoms with van der Waals surface area (Å²) in [6.45, 7) is 9.84. The minimum absolute atomic E-state index is 0.0362. The van der Waals surface area contributed by atoms with Gasteiger partial charge in [-0.1, -0.05) is 27.7 Å². The summed E-state index contributed by atoms with van der Waals surface area (Å²) in [4.78, 5) is 31.7. The lowest BCUT2D eigenvalue weighted by molar-refractivity contribution is -0.133. The second-order valence-electron chi connectivity index (χ2n) is 5.53. The minimum Gasteiger partial charge on any atom is -0.340 e. The van der Waals surface area contributed by atoms with Gasteiger partial charge in [-0.25, -0.2) is 0 Å². The first-order valence-corrected chi connectivity index (χ1v) is 7.98. The lowest BCUT2D eigenvalue weighted by Crippen LogP contribution is -2.42. The van der Waals surface area contributed by atoms with Gasteiger partial charge in [0.1, 0.15) is 0 Å². The van der Waals surface area contributed by atoms with Gasteiger partial charge >= 0.3 is 0 Å². The lowest BCUT2D eigenvalue weighted by Gasteiger charge is -2.31. The van der Waals surface area contributed by atoms with Gasteiger partial charge < -0.3 is 9.80 Å². The summed E-state index contributed by atoms with van der Waals surface area (Å²) in [5.41, 5.74) is 1.40. The zero-order chi connectivity index (χ0) is 16.7. The molecule has 1 aromatic heterocycles. The lowest BCUT2D eigenvalue weighted by atomic mass is 10.1. The standard InChI is InChI=1S/C15H21N3O2.C2H6/c1-11(2)14(19)17(3)10-13-9-12(5-6-16-13)15(20)18-7-4-8-18;1-2/h5-6,9,11H,4,7-8,10H2,1-3H3;1-2H3. The van der Waals surface area contributed by atoms with Crippen LogP contribution in [0, 0.1) is 5.92 Å². The molecule has 2 heterocycles. The topological polar surface area (TPSA) is 53.5 Å². The number of pyridine rings is 1. The number of hydrogen-bond acceptors (Lipinski definition) is 3. The predicted octanol–water partition coefficient (Wildman–Crippen LogP) is 2.57. The summed E-state index contributed by atoms with van der Waals surface area (Å²) in [6, 6.07) is 3.51. The Kier molecular flexibility index (Phi) is 7.02. The third kappa shape index (κ3) is 4.55. The fourth-order valence-corrected chi connectivity index (χ4v) is 2.16. The van der Waals surface area contributed by atoms with E-state index in [1.54, 1.807) is 30.3 Å². The largest absolute Gasteiger partial charge is 0.340 e. The van der Waals surface area contributed by atoms with Crippen molar-refractivity contribution in [3.63, 3.8) is 0 Å². The van der Waals surface area contributed by atoms with Crippen molar-refractivity contribution in [2.24, 2.45) is 5.92 Å². The monoisotopic (exact) mass is 305 g/mol. The molecule has 0 unspecified atom stereocenters. The number of rotatable bonds is 4. The SMILES string of the molecule is CC.CC(C)C(=O)N(C)Cc1cc(C(=O)N2CCC2)ccn1. The summed E-state index contributed by atoms with van der Waals surface area (Å²) >= 11 is 0. The maximum absolute atomic E-state index is 12.1. The van der Waals surface area contributed by atoms with Gasteiger partial charge in [0, 0.05) is 37.8 Å². The average molecular weight is 305 g/mol. The highest BCUT2D eigenvalue weighted by Crippen LogP contribution is 2.13. The first kappa shape index (κ1) is 18.1. The molecule has 0 bridgehead atoms. The molecule has 0 atom stereocenters. The van der Waals surface area contributed by atoms with Crippen molar-refractivity contribution in [2.75, 3.05) is 20.1 Å². The van der Waals surface area contributed by atoms with Gasteiger partial charge in [-0.3, -0.25) is 14.6 Å². The van der Waals surface area contributed by atoms with E-state index in [2.05, 4.69) is 4.98 Å². The molecule has 1 saturated heterocycles. The second kappa shape index (κ2) is 8.51. The number of amides is 2. The predicted molar refractivity (Wildman–Crippen MR) is 87.4 cm³/mol. The van der Waals surface area contributed by atoms with E-state index in [1.807, 2.05) is 32.6 Å². The molecule has 2 rings (SSSR count). The Bertz CT molecular complexity index is 510. The van der Waals surface area contributed by atoms with E-state index in [0.29, 0.717) is 12.1 Å². The van der Waals surface area contributed by atoms with Crippen LogP contribution in [0.4, 0.5) is 0 Å². The molecule has 1 aliphatic heterocycles. The molecule has 2 amide bonds. The molecular formula is C17H27N3O2. The fraction of sp³-hybridized carbons (Fsp3) is 0.588. The normalized spacial score (nSPS) is 13.1. The number of hydrogen-bond donors (Lipinski definition) is 0. The summed E-state index contributed by atoms with van der Waals surface area (Å²) in [7, 11) is 1.76. The van der Waals surface area contributed by atoms with E-state index in [9.17, 15) is 9.59 Å². The van der Waals surface area contributed by atoms with Crippen molar-refractivity contribution >= 4 is 11.8 Å². The van der Waals surface area contributed by atoms with Crippen molar-refractivity contribution in [3.8, 4) is 0 Å². The molecule has 22 heavy (non-hydrogen) atoms. The van der Waals surface area contributed by atoms with E-state index in [-0.39, 0.29) is 17.7 Å². The van der Waals surface area contributed by atoms with Gasteiger partial charge in [-0.15, -0.1) is 0 Å². The van der Waals surface area contributed by atoms with Crippen molar-refractivity contribution in [2.45, 2.75) is 40.7 Å². The highest BCUT2D eigenvalue weighted by Gasteiger charge is 2.22. The Morgan fingerprint density at radius 3 is 2.45 bits per heavy atom. The van der Waals surface area contributed by atoms with Crippen LogP contribution >= 0.6 is 0 Å². The van der Waals surface area contributed by atoms with Crippen LogP contribution in [0.5, 0.6) is 0 Å². The summed E-state index contributed by atoms with van der Waals surface area (Å²) in [6.07, 6.45) is 2.71. The first-order valence-electron chi connectivity index (χ1n) is 7.98. The van der Waals surface area contributed by atoms with Crippen LogP contribution < -0.4 is 0 Å².